The second-order valence-electron chi connectivity index (χ2n) is 6.40. The molecular weight excluding hydrogens is 376 g/mol. The number of hydrogen-bond acceptors (Lipinski definition) is 4. The summed E-state index contributed by atoms with van der Waals surface area (Å²) in [6.45, 7) is 5.31. The molecule has 0 aliphatic heterocycles. The first-order valence-corrected chi connectivity index (χ1v) is 9.62. The quantitative estimate of drug-likeness (QED) is 0.374. The third-order valence-corrected chi connectivity index (χ3v) is 4.66. The molecule has 3 rings (SSSR count). The summed E-state index contributed by atoms with van der Waals surface area (Å²) in [6.07, 6.45) is 0.646. The van der Waals surface area contributed by atoms with Crippen molar-refractivity contribution in [2.24, 2.45) is 0 Å². The van der Waals surface area contributed by atoms with E-state index in [0.717, 1.165) is 28.3 Å². The number of amides is 1. The Morgan fingerprint density at radius 3 is 2.68 bits per heavy atom. The van der Waals surface area contributed by atoms with Gasteiger partial charge >= 0.3 is 5.37 Å². The van der Waals surface area contributed by atoms with Crippen molar-refractivity contribution in [3.63, 3.8) is 0 Å². The number of aryl methyl sites for hydroxylation is 1. The molecule has 0 fully saturated rings. The van der Waals surface area contributed by atoms with Crippen molar-refractivity contribution in [2.45, 2.75) is 26.8 Å². The normalized spacial score (nSPS) is 10.7. The van der Waals surface area contributed by atoms with Gasteiger partial charge in [0.25, 0.3) is 0 Å². The van der Waals surface area contributed by atoms with E-state index in [9.17, 15) is 4.79 Å². The van der Waals surface area contributed by atoms with Crippen LogP contribution in [0.15, 0.2) is 59.0 Å². The molecule has 1 amide bonds. The van der Waals surface area contributed by atoms with Crippen LogP contribution in [0.3, 0.4) is 0 Å². The standard InChI is InChI=1S/C22H23ClN2O3/c1-3-25(22(23)26)15-17-8-7-11-19(14-17)27-13-12-20-16(2)28-21(24-20)18-9-5-4-6-10-18/h4-11,14H,3,12-13,15H2,1-2H3. The molecule has 0 saturated carbocycles. The number of benzene rings is 2. The molecule has 0 radical (unpaired) electrons. The summed E-state index contributed by atoms with van der Waals surface area (Å²) in [7, 11) is 0. The van der Waals surface area contributed by atoms with Gasteiger partial charge in [-0.05, 0) is 55.3 Å². The van der Waals surface area contributed by atoms with Gasteiger partial charge < -0.3 is 14.1 Å². The fourth-order valence-electron chi connectivity index (χ4n) is 2.88. The molecule has 0 unspecified atom stereocenters. The Kier molecular flexibility index (Phi) is 6.71. The number of oxazole rings is 1. The van der Waals surface area contributed by atoms with Crippen LogP contribution in [0.1, 0.15) is 23.9 Å². The number of halogens is 1. The minimum atomic E-state index is -0.454. The summed E-state index contributed by atoms with van der Waals surface area (Å²) in [5, 5.41) is -0.454. The Morgan fingerprint density at radius 1 is 1.18 bits per heavy atom. The van der Waals surface area contributed by atoms with Crippen LogP contribution in [0.2, 0.25) is 0 Å². The molecule has 6 heteroatoms. The van der Waals surface area contributed by atoms with E-state index in [2.05, 4.69) is 4.98 Å². The highest BCUT2D eigenvalue weighted by Gasteiger charge is 2.12. The molecule has 5 nitrogen and oxygen atoms in total. The lowest BCUT2D eigenvalue weighted by atomic mass is 10.2. The van der Waals surface area contributed by atoms with E-state index >= 15 is 0 Å². The summed E-state index contributed by atoms with van der Waals surface area (Å²) < 4.78 is 11.7. The number of hydrogen-bond donors (Lipinski definition) is 0. The van der Waals surface area contributed by atoms with Gasteiger partial charge in [-0.2, -0.15) is 0 Å². The van der Waals surface area contributed by atoms with Gasteiger partial charge in [0, 0.05) is 25.1 Å². The largest absolute Gasteiger partial charge is 0.493 e. The zero-order valence-corrected chi connectivity index (χ0v) is 16.8. The van der Waals surface area contributed by atoms with Crippen molar-refractivity contribution in [3.05, 3.63) is 71.6 Å². The lowest BCUT2D eigenvalue weighted by Gasteiger charge is -2.17. The highest BCUT2D eigenvalue weighted by Crippen LogP contribution is 2.22. The number of carbonyl (C=O) groups excluding carboxylic acids is 1. The smallest absolute Gasteiger partial charge is 0.316 e. The van der Waals surface area contributed by atoms with Gasteiger partial charge in [-0.1, -0.05) is 30.3 Å². The molecule has 0 N–H and O–H groups in total. The molecular formula is C22H23ClN2O3. The lowest BCUT2D eigenvalue weighted by molar-refractivity contribution is 0.222. The lowest BCUT2D eigenvalue weighted by Crippen LogP contribution is -2.25. The van der Waals surface area contributed by atoms with Gasteiger partial charge in [-0.3, -0.25) is 4.79 Å². The Balaban J connectivity index is 1.59. The van der Waals surface area contributed by atoms with Crippen LogP contribution < -0.4 is 4.74 Å². The first-order chi connectivity index (χ1) is 13.6. The highest BCUT2D eigenvalue weighted by molar-refractivity contribution is 6.62. The predicted molar refractivity (Wildman–Crippen MR) is 110 cm³/mol. The second-order valence-corrected chi connectivity index (χ2v) is 6.72. The number of rotatable bonds is 8. The number of aromatic nitrogens is 1. The SMILES string of the molecule is CCN(Cc1cccc(OCCc2nc(-c3ccccc3)oc2C)c1)C(=O)Cl. The zero-order valence-electron chi connectivity index (χ0n) is 16.0. The van der Waals surface area contributed by atoms with Crippen LogP contribution in [-0.2, 0) is 13.0 Å². The van der Waals surface area contributed by atoms with Crippen LogP contribution in [0.4, 0.5) is 4.79 Å². The Bertz CT molecular complexity index is 925. The fraction of sp³-hybridized carbons (Fsp3) is 0.273. The summed E-state index contributed by atoms with van der Waals surface area (Å²) in [6, 6.07) is 17.5. The average molecular weight is 399 g/mol. The van der Waals surface area contributed by atoms with Crippen LogP contribution in [0.5, 0.6) is 5.75 Å². The Morgan fingerprint density at radius 2 is 1.96 bits per heavy atom. The van der Waals surface area contributed by atoms with Crippen LogP contribution in [-0.4, -0.2) is 28.4 Å². The van der Waals surface area contributed by atoms with Crippen molar-refractivity contribution < 1.29 is 13.9 Å². The van der Waals surface area contributed by atoms with E-state index in [1.54, 1.807) is 4.90 Å². The summed E-state index contributed by atoms with van der Waals surface area (Å²) in [5.74, 6) is 2.18. The minimum absolute atomic E-state index is 0.454. The van der Waals surface area contributed by atoms with Gasteiger partial charge in [0.05, 0.1) is 12.3 Å². The number of nitrogens with zero attached hydrogens (tertiary/aromatic N) is 2. The first kappa shape index (κ1) is 20.0. The van der Waals surface area contributed by atoms with Gasteiger partial charge in [-0.15, -0.1) is 0 Å². The second kappa shape index (κ2) is 9.42. The molecule has 1 heterocycles. The van der Waals surface area contributed by atoms with E-state index in [0.29, 0.717) is 32.0 Å². The van der Waals surface area contributed by atoms with Crippen molar-refractivity contribution >= 4 is 17.0 Å². The van der Waals surface area contributed by atoms with Gasteiger partial charge in [0.1, 0.15) is 11.5 Å². The summed E-state index contributed by atoms with van der Waals surface area (Å²) >= 11 is 5.59. The maximum atomic E-state index is 11.4. The van der Waals surface area contributed by atoms with Crippen molar-refractivity contribution in [1.82, 2.24) is 9.88 Å². The van der Waals surface area contributed by atoms with Crippen LogP contribution in [0, 0.1) is 6.92 Å². The topological polar surface area (TPSA) is 55.6 Å². The van der Waals surface area contributed by atoms with Crippen molar-refractivity contribution in [3.8, 4) is 17.2 Å². The van der Waals surface area contributed by atoms with E-state index in [1.807, 2.05) is 68.4 Å². The molecule has 3 aromatic rings. The van der Waals surface area contributed by atoms with E-state index in [4.69, 9.17) is 20.8 Å². The van der Waals surface area contributed by atoms with Crippen molar-refractivity contribution in [1.29, 1.82) is 0 Å². The first-order valence-electron chi connectivity index (χ1n) is 9.24. The molecule has 0 saturated heterocycles. The highest BCUT2D eigenvalue weighted by atomic mass is 35.5. The van der Waals surface area contributed by atoms with E-state index < -0.39 is 5.37 Å². The van der Waals surface area contributed by atoms with Crippen LogP contribution >= 0.6 is 11.6 Å². The average Bonchev–Trinajstić information content (AvgIpc) is 3.07. The monoisotopic (exact) mass is 398 g/mol. The molecule has 0 atom stereocenters. The molecule has 1 aromatic heterocycles. The Hall–Kier alpha value is -2.79. The zero-order chi connectivity index (χ0) is 19.9. The summed E-state index contributed by atoms with van der Waals surface area (Å²) in [5.41, 5.74) is 2.82. The fourth-order valence-corrected chi connectivity index (χ4v) is 3.06. The number of carbonyl (C=O) groups is 1. The molecule has 2 aromatic carbocycles. The Labute approximate surface area is 169 Å². The molecule has 146 valence electrons. The predicted octanol–water partition coefficient (Wildman–Crippen LogP) is 5.45. The maximum Gasteiger partial charge on any atom is 0.316 e. The molecule has 0 spiro atoms. The van der Waals surface area contributed by atoms with E-state index in [1.165, 1.54) is 0 Å². The molecule has 0 bridgehead atoms. The maximum absolute atomic E-state index is 11.4. The molecule has 28 heavy (non-hydrogen) atoms. The van der Waals surface area contributed by atoms with Gasteiger partial charge in [0.15, 0.2) is 0 Å². The number of ether oxygens (including phenoxy) is 1. The summed E-state index contributed by atoms with van der Waals surface area (Å²) in [4.78, 5) is 17.5. The third kappa shape index (κ3) is 5.14. The minimum Gasteiger partial charge on any atom is -0.493 e. The third-order valence-electron chi connectivity index (χ3n) is 4.42. The van der Waals surface area contributed by atoms with Crippen LogP contribution in [0.25, 0.3) is 11.5 Å². The molecule has 0 aliphatic rings. The van der Waals surface area contributed by atoms with Gasteiger partial charge in [0.2, 0.25) is 5.89 Å². The van der Waals surface area contributed by atoms with E-state index in [-0.39, 0.29) is 0 Å². The van der Waals surface area contributed by atoms with Gasteiger partial charge in [-0.25, -0.2) is 4.98 Å². The van der Waals surface area contributed by atoms with Crippen molar-refractivity contribution in [2.75, 3.05) is 13.2 Å². The molecule has 0 aliphatic carbocycles.